The van der Waals surface area contributed by atoms with Crippen LogP contribution in [0.3, 0.4) is 0 Å². The average molecular weight is 242 g/mol. The molecule has 0 aromatic carbocycles. The van der Waals surface area contributed by atoms with Gasteiger partial charge in [-0.05, 0) is 0 Å². The van der Waals surface area contributed by atoms with Crippen LogP contribution in [0.15, 0.2) is 0 Å². The molecule has 1 rings (SSSR count). The van der Waals surface area contributed by atoms with Crippen molar-refractivity contribution >= 4 is 28.9 Å². The third-order valence-electron chi connectivity index (χ3n) is 1.89. The van der Waals surface area contributed by atoms with Gasteiger partial charge in [0.15, 0.2) is 0 Å². The zero-order chi connectivity index (χ0) is 12.1. The first kappa shape index (κ1) is 12.4. The number of rotatable bonds is 4. The highest BCUT2D eigenvalue weighted by Crippen LogP contribution is 2.14. The van der Waals surface area contributed by atoms with Crippen LogP contribution in [-0.2, 0) is 9.59 Å². The van der Waals surface area contributed by atoms with Gasteiger partial charge in [-0.1, -0.05) is 17.7 Å². The number of carboxylic acid groups (broad SMARTS) is 1. The lowest BCUT2D eigenvalue weighted by Gasteiger charge is -2.21. The Morgan fingerprint density at radius 1 is 1.69 bits per heavy atom. The van der Waals surface area contributed by atoms with E-state index in [0.29, 0.717) is 5.75 Å². The van der Waals surface area contributed by atoms with E-state index in [1.807, 2.05) is 0 Å². The van der Waals surface area contributed by atoms with E-state index >= 15 is 0 Å². The second kappa shape index (κ2) is 5.42. The molecule has 0 aromatic rings. The van der Waals surface area contributed by atoms with Crippen molar-refractivity contribution in [3.8, 4) is 12.3 Å². The van der Waals surface area contributed by atoms with Gasteiger partial charge in [0.05, 0.1) is 6.54 Å². The predicted octanol–water partition coefficient (Wildman–Crippen LogP) is -0.642. The Labute approximate surface area is 96.4 Å². The maximum atomic E-state index is 11.8. The lowest BCUT2D eigenvalue weighted by atomic mass is 10.3. The molecular formula is C9H10N2O4S. The van der Waals surface area contributed by atoms with Gasteiger partial charge in [-0.3, -0.25) is 14.4 Å². The van der Waals surface area contributed by atoms with Crippen molar-refractivity contribution in [3.05, 3.63) is 0 Å². The first-order chi connectivity index (χ1) is 7.54. The van der Waals surface area contributed by atoms with Gasteiger partial charge in [-0.25, -0.2) is 0 Å². The fraction of sp³-hybridized carbons (Fsp3) is 0.444. The van der Waals surface area contributed by atoms with Gasteiger partial charge in [0, 0.05) is 5.75 Å². The second-order valence-corrected chi connectivity index (χ2v) is 4.08. The number of carbonyl (C=O) groups is 3. The van der Waals surface area contributed by atoms with Gasteiger partial charge in [-0.2, -0.15) is 0 Å². The molecule has 0 radical (unpaired) electrons. The van der Waals surface area contributed by atoms with Crippen molar-refractivity contribution in [1.29, 1.82) is 0 Å². The molecule has 1 atom stereocenters. The summed E-state index contributed by atoms with van der Waals surface area (Å²) >= 11 is 0.991. The number of carboxylic acids is 1. The molecule has 1 unspecified atom stereocenters. The van der Waals surface area contributed by atoms with E-state index in [-0.39, 0.29) is 11.8 Å². The first-order valence-electron chi connectivity index (χ1n) is 4.42. The van der Waals surface area contributed by atoms with Crippen LogP contribution >= 0.6 is 11.8 Å². The van der Waals surface area contributed by atoms with Crippen LogP contribution in [0.1, 0.15) is 0 Å². The minimum atomic E-state index is -1.14. The molecule has 86 valence electrons. The Bertz CT molecular complexity index is 363. The van der Waals surface area contributed by atoms with Crippen LogP contribution in [0.2, 0.25) is 0 Å². The Morgan fingerprint density at radius 3 is 2.81 bits per heavy atom. The van der Waals surface area contributed by atoms with E-state index in [2.05, 4.69) is 11.2 Å². The van der Waals surface area contributed by atoms with E-state index in [1.165, 1.54) is 0 Å². The molecular weight excluding hydrogens is 232 g/mol. The molecule has 1 aliphatic rings. The van der Waals surface area contributed by atoms with Crippen molar-refractivity contribution in [1.82, 2.24) is 10.2 Å². The number of nitrogens with zero attached hydrogens (tertiary/aromatic N) is 1. The van der Waals surface area contributed by atoms with Gasteiger partial charge >= 0.3 is 5.97 Å². The summed E-state index contributed by atoms with van der Waals surface area (Å²) in [6, 6.07) is -0.676. The number of hydrogen-bond acceptors (Lipinski definition) is 4. The largest absolute Gasteiger partial charge is 0.480 e. The van der Waals surface area contributed by atoms with Crippen molar-refractivity contribution in [2.45, 2.75) is 6.04 Å². The van der Waals surface area contributed by atoms with Gasteiger partial charge < -0.3 is 15.3 Å². The van der Waals surface area contributed by atoms with Crippen LogP contribution in [0.25, 0.3) is 0 Å². The summed E-state index contributed by atoms with van der Waals surface area (Å²) in [7, 11) is 0. The molecule has 0 aromatic heterocycles. The Hall–Kier alpha value is -1.68. The number of amides is 2. The maximum absolute atomic E-state index is 11.8. The van der Waals surface area contributed by atoms with Crippen LogP contribution in [0.5, 0.6) is 0 Å². The number of terminal acetylenes is 1. The van der Waals surface area contributed by atoms with Crippen LogP contribution < -0.4 is 5.32 Å². The molecule has 6 nitrogen and oxygen atoms in total. The highest BCUT2D eigenvalue weighted by molar-refractivity contribution is 8.14. The van der Waals surface area contributed by atoms with Gasteiger partial charge in [0.1, 0.15) is 12.6 Å². The Balaban J connectivity index is 2.63. The molecule has 2 N–H and O–H groups in total. The normalized spacial score (nSPS) is 18.7. The highest BCUT2D eigenvalue weighted by Gasteiger charge is 2.31. The fourth-order valence-electron chi connectivity index (χ4n) is 1.22. The minimum Gasteiger partial charge on any atom is -0.480 e. The number of hydrogen-bond donors (Lipinski definition) is 2. The minimum absolute atomic E-state index is 0.0812. The molecule has 16 heavy (non-hydrogen) atoms. The molecule has 0 aliphatic carbocycles. The Morgan fingerprint density at radius 2 is 2.38 bits per heavy atom. The lowest BCUT2D eigenvalue weighted by Crippen LogP contribution is -2.47. The summed E-state index contributed by atoms with van der Waals surface area (Å²) in [5, 5.41) is 10.8. The average Bonchev–Trinajstić information content (AvgIpc) is 2.62. The van der Waals surface area contributed by atoms with Crippen molar-refractivity contribution in [2.24, 2.45) is 0 Å². The molecule has 1 fully saturated rings. The highest BCUT2D eigenvalue weighted by atomic mass is 32.2. The SMILES string of the molecule is C#CCN(CC(=O)O)C(=O)C1CSC(=O)N1. The summed E-state index contributed by atoms with van der Waals surface area (Å²) in [6.45, 7) is -0.539. The van der Waals surface area contributed by atoms with Crippen molar-refractivity contribution < 1.29 is 19.5 Å². The standard InChI is InChI=1S/C9H10N2O4S/c1-2-3-11(4-7(12)13)8(14)6-5-16-9(15)10-6/h1,6H,3-5H2,(H,10,15)(H,12,13). The van der Waals surface area contributed by atoms with E-state index in [1.54, 1.807) is 0 Å². The van der Waals surface area contributed by atoms with Gasteiger partial charge in [0.25, 0.3) is 5.24 Å². The Kier molecular flexibility index (Phi) is 4.19. The summed E-state index contributed by atoms with van der Waals surface area (Å²) in [5.41, 5.74) is 0. The molecule has 0 saturated carbocycles. The topological polar surface area (TPSA) is 86.7 Å². The quantitative estimate of drug-likeness (QED) is 0.640. The van der Waals surface area contributed by atoms with Crippen LogP contribution in [-0.4, -0.2) is 52.0 Å². The zero-order valence-corrected chi connectivity index (χ0v) is 9.12. The van der Waals surface area contributed by atoms with Crippen molar-refractivity contribution in [2.75, 3.05) is 18.8 Å². The van der Waals surface area contributed by atoms with Crippen LogP contribution in [0, 0.1) is 12.3 Å². The number of thioether (sulfide) groups is 1. The third kappa shape index (κ3) is 3.17. The van der Waals surface area contributed by atoms with E-state index in [0.717, 1.165) is 16.7 Å². The molecule has 0 bridgehead atoms. The molecule has 0 spiro atoms. The van der Waals surface area contributed by atoms with E-state index < -0.39 is 24.5 Å². The molecule has 7 heteroatoms. The molecule has 1 aliphatic heterocycles. The maximum Gasteiger partial charge on any atom is 0.323 e. The number of carbonyl (C=O) groups excluding carboxylic acids is 2. The first-order valence-corrected chi connectivity index (χ1v) is 5.40. The summed E-state index contributed by atoms with van der Waals surface area (Å²) in [5.74, 6) is 0.917. The molecule has 1 saturated heterocycles. The van der Waals surface area contributed by atoms with E-state index in [4.69, 9.17) is 11.5 Å². The fourth-order valence-corrected chi connectivity index (χ4v) is 1.99. The van der Waals surface area contributed by atoms with E-state index in [9.17, 15) is 14.4 Å². The zero-order valence-electron chi connectivity index (χ0n) is 8.30. The van der Waals surface area contributed by atoms with Gasteiger partial charge in [-0.15, -0.1) is 6.42 Å². The summed E-state index contributed by atoms with van der Waals surface area (Å²) < 4.78 is 0. The summed E-state index contributed by atoms with van der Waals surface area (Å²) in [4.78, 5) is 34.2. The third-order valence-corrected chi connectivity index (χ3v) is 2.77. The number of aliphatic carboxylic acids is 1. The van der Waals surface area contributed by atoms with Crippen LogP contribution in [0.4, 0.5) is 4.79 Å². The summed E-state index contributed by atoms with van der Waals surface area (Å²) in [6.07, 6.45) is 5.04. The second-order valence-electron chi connectivity index (χ2n) is 3.09. The lowest BCUT2D eigenvalue weighted by molar-refractivity contribution is -0.144. The monoisotopic (exact) mass is 242 g/mol. The van der Waals surface area contributed by atoms with Crippen molar-refractivity contribution in [3.63, 3.8) is 0 Å². The molecule has 1 heterocycles. The smallest absolute Gasteiger partial charge is 0.323 e. The number of nitrogens with one attached hydrogen (secondary N) is 1. The predicted molar refractivity (Wildman–Crippen MR) is 57.8 cm³/mol. The van der Waals surface area contributed by atoms with Gasteiger partial charge in [0.2, 0.25) is 5.91 Å². The molecule has 2 amide bonds.